The molecular formula is C26H33FO3. The zero-order chi connectivity index (χ0) is 21.2. The first-order valence-corrected chi connectivity index (χ1v) is 11.4. The lowest BCUT2D eigenvalue weighted by atomic mass is 9.85. The number of carbonyl (C=O) groups excluding carboxylic acids is 1. The highest BCUT2D eigenvalue weighted by molar-refractivity contribution is 5.91. The van der Waals surface area contributed by atoms with Crippen LogP contribution in [0.5, 0.6) is 11.5 Å². The van der Waals surface area contributed by atoms with E-state index >= 15 is 0 Å². The summed E-state index contributed by atoms with van der Waals surface area (Å²) in [6.45, 7) is 2.58. The fourth-order valence-corrected chi connectivity index (χ4v) is 4.02. The number of halogens is 1. The molecule has 1 aliphatic rings. The van der Waals surface area contributed by atoms with Gasteiger partial charge in [-0.25, -0.2) is 9.18 Å². The molecular weight excluding hydrogens is 379 g/mol. The van der Waals surface area contributed by atoms with Crippen LogP contribution in [0.1, 0.15) is 80.6 Å². The number of hydrogen-bond acceptors (Lipinski definition) is 3. The second-order valence-corrected chi connectivity index (χ2v) is 8.28. The Kier molecular flexibility index (Phi) is 8.73. The minimum Gasteiger partial charge on any atom is -0.491 e. The van der Waals surface area contributed by atoms with Gasteiger partial charge in [0, 0.05) is 0 Å². The van der Waals surface area contributed by atoms with Gasteiger partial charge < -0.3 is 9.47 Å². The lowest BCUT2D eigenvalue weighted by Crippen LogP contribution is -2.09. The standard InChI is InChI=1S/C26H33FO3/c1-2-3-7-18-29-25-17-14-22(19-24(25)27)26(28)30-23-15-12-21(13-16-23)11-10-20-8-5-4-6-9-20/h12-17,19-20H,2-11,18H2,1H3. The van der Waals surface area contributed by atoms with Crippen LogP contribution < -0.4 is 9.47 Å². The van der Waals surface area contributed by atoms with Crippen molar-refractivity contribution in [1.82, 2.24) is 0 Å². The summed E-state index contributed by atoms with van der Waals surface area (Å²) in [5.41, 5.74) is 1.44. The molecule has 30 heavy (non-hydrogen) atoms. The fraction of sp³-hybridized carbons (Fsp3) is 0.500. The number of carbonyl (C=O) groups is 1. The summed E-state index contributed by atoms with van der Waals surface area (Å²) < 4.78 is 25.1. The molecule has 0 radical (unpaired) electrons. The van der Waals surface area contributed by atoms with Gasteiger partial charge in [0.2, 0.25) is 0 Å². The molecule has 0 bridgehead atoms. The molecule has 0 unspecified atom stereocenters. The van der Waals surface area contributed by atoms with E-state index in [1.807, 2.05) is 24.3 Å². The number of ether oxygens (including phenoxy) is 2. The maximum atomic E-state index is 14.2. The Morgan fingerprint density at radius 1 is 1.03 bits per heavy atom. The number of rotatable bonds is 10. The van der Waals surface area contributed by atoms with E-state index in [0.29, 0.717) is 12.4 Å². The van der Waals surface area contributed by atoms with Crippen molar-refractivity contribution in [1.29, 1.82) is 0 Å². The minimum absolute atomic E-state index is 0.171. The van der Waals surface area contributed by atoms with E-state index in [4.69, 9.17) is 9.47 Å². The molecule has 1 saturated carbocycles. The molecule has 162 valence electrons. The van der Waals surface area contributed by atoms with Crippen LogP contribution in [-0.4, -0.2) is 12.6 Å². The van der Waals surface area contributed by atoms with Gasteiger partial charge in [0.15, 0.2) is 11.6 Å². The monoisotopic (exact) mass is 412 g/mol. The molecule has 0 amide bonds. The Morgan fingerprint density at radius 2 is 1.80 bits per heavy atom. The Bertz CT molecular complexity index is 794. The Hall–Kier alpha value is -2.36. The lowest BCUT2D eigenvalue weighted by Gasteiger charge is -2.21. The molecule has 1 aliphatic carbocycles. The number of benzene rings is 2. The lowest BCUT2D eigenvalue weighted by molar-refractivity contribution is 0.0734. The van der Waals surface area contributed by atoms with E-state index in [0.717, 1.165) is 31.6 Å². The zero-order valence-electron chi connectivity index (χ0n) is 18.0. The molecule has 3 rings (SSSR count). The highest BCUT2D eigenvalue weighted by Crippen LogP contribution is 2.28. The summed E-state index contributed by atoms with van der Waals surface area (Å²) in [5, 5.41) is 0. The van der Waals surface area contributed by atoms with E-state index in [9.17, 15) is 9.18 Å². The molecule has 2 aromatic rings. The van der Waals surface area contributed by atoms with Crippen LogP contribution in [0.4, 0.5) is 4.39 Å². The fourth-order valence-electron chi connectivity index (χ4n) is 4.02. The molecule has 0 heterocycles. The van der Waals surface area contributed by atoms with Crippen molar-refractivity contribution in [3.63, 3.8) is 0 Å². The van der Waals surface area contributed by atoms with E-state index in [-0.39, 0.29) is 11.3 Å². The van der Waals surface area contributed by atoms with Gasteiger partial charge in [0.25, 0.3) is 0 Å². The molecule has 3 nitrogen and oxygen atoms in total. The summed E-state index contributed by atoms with van der Waals surface area (Å²) in [7, 11) is 0. The maximum Gasteiger partial charge on any atom is 0.343 e. The topological polar surface area (TPSA) is 35.5 Å². The largest absolute Gasteiger partial charge is 0.491 e. The predicted octanol–water partition coefficient (Wildman–Crippen LogP) is 7.13. The third-order valence-electron chi connectivity index (χ3n) is 5.87. The van der Waals surface area contributed by atoms with Crippen LogP contribution in [0.2, 0.25) is 0 Å². The molecule has 0 aliphatic heterocycles. The van der Waals surface area contributed by atoms with Gasteiger partial charge in [-0.1, -0.05) is 64.0 Å². The van der Waals surface area contributed by atoms with Crippen LogP contribution in [-0.2, 0) is 6.42 Å². The first-order chi connectivity index (χ1) is 14.7. The normalized spacial score (nSPS) is 14.5. The van der Waals surface area contributed by atoms with Crippen molar-refractivity contribution in [2.24, 2.45) is 5.92 Å². The summed E-state index contributed by atoms with van der Waals surface area (Å²) in [5.74, 6) is 0.386. The number of hydrogen-bond donors (Lipinski definition) is 0. The Labute approximate surface area is 179 Å². The van der Waals surface area contributed by atoms with Crippen LogP contribution in [0.3, 0.4) is 0 Å². The summed E-state index contributed by atoms with van der Waals surface area (Å²) in [4.78, 5) is 12.4. The van der Waals surface area contributed by atoms with E-state index in [1.54, 1.807) is 6.07 Å². The van der Waals surface area contributed by atoms with Crippen LogP contribution in [0.15, 0.2) is 42.5 Å². The summed E-state index contributed by atoms with van der Waals surface area (Å²) in [6, 6.07) is 11.9. The number of esters is 1. The minimum atomic E-state index is -0.568. The van der Waals surface area contributed by atoms with Crippen molar-refractivity contribution >= 4 is 5.97 Å². The quantitative estimate of drug-likeness (QED) is 0.237. The molecule has 0 saturated heterocycles. The summed E-state index contributed by atoms with van der Waals surface area (Å²) in [6.07, 6.45) is 12.1. The van der Waals surface area contributed by atoms with Crippen molar-refractivity contribution in [2.75, 3.05) is 6.61 Å². The van der Waals surface area contributed by atoms with Crippen LogP contribution >= 0.6 is 0 Å². The van der Waals surface area contributed by atoms with Gasteiger partial charge in [0.05, 0.1) is 12.2 Å². The molecule has 2 aromatic carbocycles. The van der Waals surface area contributed by atoms with Crippen molar-refractivity contribution in [2.45, 2.75) is 71.1 Å². The highest BCUT2D eigenvalue weighted by atomic mass is 19.1. The Balaban J connectivity index is 1.49. The van der Waals surface area contributed by atoms with Gasteiger partial charge >= 0.3 is 5.97 Å². The van der Waals surface area contributed by atoms with Crippen molar-refractivity contribution < 1.29 is 18.7 Å². The summed E-state index contributed by atoms with van der Waals surface area (Å²) >= 11 is 0. The number of aryl methyl sites for hydroxylation is 1. The molecule has 1 fully saturated rings. The molecule has 0 aromatic heterocycles. The SMILES string of the molecule is CCCCCOc1ccc(C(=O)Oc2ccc(CCC3CCCCC3)cc2)cc1F. The average molecular weight is 413 g/mol. The van der Waals surface area contributed by atoms with Gasteiger partial charge in [-0.15, -0.1) is 0 Å². The molecule has 0 atom stereocenters. The number of unbranched alkanes of at least 4 members (excludes halogenated alkanes) is 2. The second-order valence-electron chi connectivity index (χ2n) is 8.28. The van der Waals surface area contributed by atoms with Gasteiger partial charge in [-0.3, -0.25) is 0 Å². The third kappa shape index (κ3) is 6.86. The van der Waals surface area contributed by atoms with Crippen LogP contribution in [0.25, 0.3) is 0 Å². The second kappa shape index (κ2) is 11.7. The molecule has 4 heteroatoms. The third-order valence-corrected chi connectivity index (χ3v) is 5.87. The smallest absolute Gasteiger partial charge is 0.343 e. The molecule has 0 N–H and O–H groups in total. The first-order valence-electron chi connectivity index (χ1n) is 11.4. The van der Waals surface area contributed by atoms with Gasteiger partial charge in [-0.05, 0) is 61.1 Å². The zero-order valence-corrected chi connectivity index (χ0v) is 18.0. The molecule has 0 spiro atoms. The van der Waals surface area contributed by atoms with E-state index in [2.05, 4.69) is 6.92 Å². The van der Waals surface area contributed by atoms with Gasteiger partial charge in [-0.2, -0.15) is 0 Å². The average Bonchev–Trinajstić information content (AvgIpc) is 2.78. The van der Waals surface area contributed by atoms with E-state index in [1.165, 1.54) is 56.2 Å². The van der Waals surface area contributed by atoms with Crippen molar-refractivity contribution in [3.05, 3.63) is 59.4 Å². The predicted molar refractivity (Wildman–Crippen MR) is 118 cm³/mol. The van der Waals surface area contributed by atoms with Gasteiger partial charge in [0.1, 0.15) is 5.75 Å². The van der Waals surface area contributed by atoms with E-state index < -0.39 is 11.8 Å². The van der Waals surface area contributed by atoms with Crippen molar-refractivity contribution in [3.8, 4) is 11.5 Å². The maximum absolute atomic E-state index is 14.2. The highest BCUT2D eigenvalue weighted by Gasteiger charge is 2.14. The first kappa shape index (κ1) is 22.3. The van der Waals surface area contributed by atoms with Crippen LogP contribution in [0, 0.1) is 11.7 Å². The Morgan fingerprint density at radius 3 is 2.50 bits per heavy atom.